The van der Waals surface area contributed by atoms with E-state index >= 15 is 0 Å². The van der Waals surface area contributed by atoms with Crippen LogP contribution < -0.4 is 11.5 Å². The predicted molar refractivity (Wildman–Crippen MR) is 52.6 cm³/mol. The maximum absolute atomic E-state index is 9.38. The zero-order valence-electron chi connectivity index (χ0n) is 6.50. The summed E-state index contributed by atoms with van der Waals surface area (Å²) < 4.78 is 0.896. The number of aliphatic hydroxyl groups excluding tert-OH is 1. The van der Waals surface area contributed by atoms with Crippen molar-refractivity contribution in [1.29, 1.82) is 0 Å². The van der Waals surface area contributed by atoms with E-state index in [0.717, 1.165) is 4.47 Å². The Morgan fingerprint density at radius 1 is 1.50 bits per heavy atom. The molecular weight excluding hydrogens is 220 g/mol. The van der Waals surface area contributed by atoms with Crippen molar-refractivity contribution in [3.05, 3.63) is 28.2 Å². The molecular formula is C8H11BrN2O. The van der Waals surface area contributed by atoms with Crippen molar-refractivity contribution in [2.75, 3.05) is 12.3 Å². The molecule has 0 saturated heterocycles. The first-order chi connectivity index (χ1) is 5.65. The Balaban J connectivity index is 3.01. The van der Waals surface area contributed by atoms with Gasteiger partial charge in [0.15, 0.2) is 0 Å². The van der Waals surface area contributed by atoms with Crippen LogP contribution in [0, 0.1) is 0 Å². The van der Waals surface area contributed by atoms with E-state index in [-0.39, 0.29) is 6.54 Å². The van der Waals surface area contributed by atoms with Crippen molar-refractivity contribution in [3.63, 3.8) is 0 Å². The molecule has 0 aromatic heterocycles. The van der Waals surface area contributed by atoms with Gasteiger partial charge in [0, 0.05) is 22.3 Å². The van der Waals surface area contributed by atoms with Gasteiger partial charge in [0.05, 0.1) is 6.10 Å². The van der Waals surface area contributed by atoms with E-state index in [4.69, 9.17) is 11.5 Å². The zero-order valence-corrected chi connectivity index (χ0v) is 8.08. The van der Waals surface area contributed by atoms with Gasteiger partial charge in [-0.15, -0.1) is 0 Å². The Hall–Kier alpha value is -0.580. The maximum atomic E-state index is 9.38. The van der Waals surface area contributed by atoms with Crippen molar-refractivity contribution in [3.8, 4) is 0 Å². The lowest BCUT2D eigenvalue weighted by atomic mass is 10.1. The van der Waals surface area contributed by atoms with Gasteiger partial charge in [0.2, 0.25) is 0 Å². The summed E-state index contributed by atoms with van der Waals surface area (Å²) in [7, 11) is 0. The molecule has 1 aromatic carbocycles. The topological polar surface area (TPSA) is 72.3 Å². The van der Waals surface area contributed by atoms with Crippen LogP contribution in [-0.4, -0.2) is 11.7 Å². The third-order valence-electron chi connectivity index (χ3n) is 1.63. The van der Waals surface area contributed by atoms with E-state index in [9.17, 15) is 5.11 Å². The SMILES string of the molecule is NCC(O)c1ccc(Br)cc1N. The molecule has 0 aliphatic heterocycles. The molecule has 1 rings (SSSR count). The van der Waals surface area contributed by atoms with Crippen LogP contribution in [0.15, 0.2) is 22.7 Å². The molecule has 1 unspecified atom stereocenters. The van der Waals surface area contributed by atoms with Crippen molar-refractivity contribution in [1.82, 2.24) is 0 Å². The largest absolute Gasteiger partial charge is 0.398 e. The normalized spacial score (nSPS) is 12.9. The highest BCUT2D eigenvalue weighted by Gasteiger charge is 2.08. The average molecular weight is 231 g/mol. The summed E-state index contributed by atoms with van der Waals surface area (Å²) >= 11 is 3.27. The summed E-state index contributed by atoms with van der Waals surface area (Å²) in [4.78, 5) is 0. The van der Waals surface area contributed by atoms with E-state index in [2.05, 4.69) is 15.9 Å². The number of nitrogen functional groups attached to an aromatic ring is 1. The Morgan fingerprint density at radius 3 is 2.67 bits per heavy atom. The summed E-state index contributed by atoms with van der Waals surface area (Å²) in [6.45, 7) is 0.186. The monoisotopic (exact) mass is 230 g/mol. The second-order valence-electron chi connectivity index (χ2n) is 2.52. The minimum Gasteiger partial charge on any atom is -0.398 e. The van der Waals surface area contributed by atoms with E-state index in [1.165, 1.54) is 0 Å². The Bertz CT molecular complexity index is 278. The van der Waals surface area contributed by atoms with Crippen LogP contribution in [0.5, 0.6) is 0 Å². The summed E-state index contributed by atoms with van der Waals surface area (Å²) in [5.74, 6) is 0. The highest BCUT2D eigenvalue weighted by molar-refractivity contribution is 9.10. The van der Waals surface area contributed by atoms with Crippen LogP contribution in [0.3, 0.4) is 0 Å². The number of halogens is 1. The zero-order chi connectivity index (χ0) is 9.14. The van der Waals surface area contributed by atoms with Gasteiger partial charge in [0.25, 0.3) is 0 Å². The van der Waals surface area contributed by atoms with Gasteiger partial charge in [-0.2, -0.15) is 0 Å². The van der Waals surface area contributed by atoms with E-state index < -0.39 is 6.10 Å². The molecule has 1 aromatic rings. The number of benzene rings is 1. The van der Waals surface area contributed by atoms with Crippen LogP contribution >= 0.6 is 15.9 Å². The third kappa shape index (κ3) is 1.97. The molecule has 3 nitrogen and oxygen atoms in total. The summed E-state index contributed by atoms with van der Waals surface area (Å²) in [5, 5.41) is 9.38. The van der Waals surface area contributed by atoms with Crippen LogP contribution in [0.25, 0.3) is 0 Å². The van der Waals surface area contributed by atoms with E-state index in [1.807, 2.05) is 6.07 Å². The lowest BCUT2D eigenvalue weighted by Crippen LogP contribution is -2.13. The van der Waals surface area contributed by atoms with Gasteiger partial charge < -0.3 is 16.6 Å². The standard InChI is InChI=1S/C8H11BrN2O/c9-5-1-2-6(7(11)3-5)8(12)4-10/h1-3,8,12H,4,10-11H2. The van der Waals surface area contributed by atoms with Crippen LogP contribution in [0.2, 0.25) is 0 Å². The van der Waals surface area contributed by atoms with Gasteiger partial charge in [-0.3, -0.25) is 0 Å². The fourth-order valence-electron chi connectivity index (χ4n) is 0.976. The number of rotatable bonds is 2. The lowest BCUT2D eigenvalue weighted by molar-refractivity contribution is 0.187. The first kappa shape index (κ1) is 9.51. The smallest absolute Gasteiger partial charge is 0.0932 e. The molecule has 0 spiro atoms. The molecule has 12 heavy (non-hydrogen) atoms. The number of hydrogen-bond acceptors (Lipinski definition) is 3. The molecule has 0 heterocycles. The molecule has 66 valence electrons. The molecule has 0 saturated carbocycles. The fourth-order valence-corrected chi connectivity index (χ4v) is 1.35. The lowest BCUT2D eigenvalue weighted by Gasteiger charge is -2.10. The van der Waals surface area contributed by atoms with Gasteiger partial charge in [-0.25, -0.2) is 0 Å². The van der Waals surface area contributed by atoms with Crippen molar-refractivity contribution >= 4 is 21.6 Å². The van der Waals surface area contributed by atoms with Gasteiger partial charge in [0.1, 0.15) is 0 Å². The Labute approximate surface area is 79.5 Å². The molecule has 0 fully saturated rings. The van der Waals surface area contributed by atoms with Crippen LogP contribution in [0.1, 0.15) is 11.7 Å². The quantitative estimate of drug-likeness (QED) is 0.665. The second kappa shape index (κ2) is 3.89. The van der Waals surface area contributed by atoms with Crippen LogP contribution in [0.4, 0.5) is 5.69 Å². The molecule has 0 aliphatic rings. The fraction of sp³-hybridized carbons (Fsp3) is 0.250. The minimum atomic E-state index is -0.668. The Kier molecular flexibility index (Phi) is 3.08. The number of anilines is 1. The number of nitrogens with two attached hydrogens (primary N) is 2. The molecule has 0 amide bonds. The second-order valence-corrected chi connectivity index (χ2v) is 3.44. The molecule has 0 aliphatic carbocycles. The molecule has 4 heteroatoms. The summed E-state index contributed by atoms with van der Waals surface area (Å²) in [6.07, 6.45) is -0.668. The Morgan fingerprint density at radius 2 is 2.17 bits per heavy atom. The van der Waals surface area contributed by atoms with Crippen molar-refractivity contribution in [2.24, 2.45) is 5.73 Å². The van der Waals surface area contributed by atoms with Gasteiger partial charge >= 0.3 is 0 Å². The first-order valence-electron chi connectivity index (χ1n) is 3.58. The maximum Gasteiger partial charge on any atom is 0.0932 e. The summed E-state index contributed by atoms with van der Waals surface area (Å²) in [6, 6.07) is 5.33. The molecule has 0 radical (unpaired) electrons. The van der Waals surface area contributed by atoms with Gasteiger partial charge in [-0.1, -0.05) is 22.0 Å². The predicted octanol–water partition coefficient (Wildman–Crippen LogP) is 1.02. The third-order valence-corrected chi connectivity index (χ3v) is 2.12. The van der Waals surface area contributed by atoms with E-state index in [0.29, 0.717) is 11.3 Å². The van der Waals surface area contributed by atoms with Crippen molar-refractivity contribution in [2.45, 2.75) is 6.10 Å². The van der Waals surface area contributed by atoms with Crippen molar-refractivity contribution < 1.29 is 5.11 Å². The van der Waals surface area contributed by atoms with Gasteiger partial charge in [-0.05, 0) is 12.1 Å². The average Bonchev–Trinajstić information content (AvgIpc) is 2.03. The molecule has 1 atom stereocenters. The number of aliphatic hydroxyl groups is 1. The minimum absolute atomic E-state index is 0.186. The number of hydrogen-bond donors (Lipinski definition) is 3. The highest BCUT2D eigenvalue weighted by Crippen LogP contribution is 2.23. The summed E-state index contributed by atoms with van der Waals surface area (Å²) in [5.41, 5.74) is 12.2. The molecule has 0 bridgehead atoms. The molecule has 5 N–H and O–H groups in total. The highest BCUT2D eigenvalue weighted by atomic mass is 79.9. The van der Waals surface area contributed by atoms with Crippen LogP contribution in [-0.2, 0) is 0 Å². The van der Waals surface area contributed by atoms with E-state index in [1.54, 1.807) is 12.1 Å². The first-order valence-corrected chi connectivity index (χ1v) is 4.37.